The predicted octanol–water partition coefficient (Wildman–Crippen LogP) is -1.63. The largest absolute Gasteiger partial charge is 0.281 e. The summed E-state index contributed by atoms with van der Waals surface area (Å²) in [6.45, 7) is 1.38. The van der Waals surface area contributed by atoms with E-state index in [-0.39, 0.29) is 14.9 Å². The molecule has 22 heavy (non-hydrogen) atoms. The Morgan fingerprint density at radius 2 is 0.955 bits per heavy atom. The summed E-state index contributed by atoms with van der Waals surface area (Å²) in [6.07, 6.45) is 0. The number of imide groups is 3. The molecule has 0 aromatic rings. The molecule has 0 aromatic carbocycles. The number of hydrogen-bond acceptors (Lipinski definition) is 6. The zero-order valence-corrected chi connectivity index (χ0v) is 10.5. The Bertz CT molecular complexity index is 529. The molecule has 3 rings (SSSR count). The third-order valence-corrected chi connectivity index (χ3v) is 3.80. The van der Waals surface area contributed by atoms with Crippen LogP contribution in [0, 0.1) is 5.92 Å². The van der Waals surface area contributed by atoms with Crippen LogP contribution in [0.1, 0.15) is 21.8 Å². The Hall–Kier alpha value is -2.58. The lowest BCUT2D eigenvalue weighted by Crippen LogP contribution is -2.81. The van der Waals surface area contributed by atoms with Crippen LogP contribution in [0.4, 0.5) is 0 Å². The smallest absolute Gasteiger partial charge is 0.263 e. The minimum absolute atomic E-state index is 0. The van der Waals surface area contributed by atoms with Gasteiger partial charge in [0, 0.05) is 7.05 Å². The molecule has 0 radical (unpaired) electrons. The van der Waals surface area contributed by atoms with Gasteiger partial charge in [0.05, 0.1) is 0 Å². The topological polar surface area (TPSA) is 112 Å². The number of hydrogen-bond donors (Lipinski definition) is 0. The van der Waals surface area contributed by atoms with Gasteiger partial charge in [-0.25, -0.2) is 0 Å². The number of likely N-dealkylation sites (tertiary alicyclic amines) is 3. The Kier molecular flexibility index (Phi) is 3.97. The maximum absolute atomic E-state index is 11.9. The van der Waals surface area contributed by atoms with E-state index >= 15 is 0 Å². The fourth-order valence-electron chi connectivity index (χ4n) is 2.44. The van der Waals surface area contributed by atoms with Crippen molar-refractivity contribution in [1.29, 1.82) is 0 Å². The Morgan fingerprint density at radius 3 is 1.36 bits per heavy atom. The number of carbonyl (C=O) groups excluding carboxylic acids is 6. The fraction of sp³-hybridized carbons (Fsp3) is 0.538. The standard InChI is InChI=1S/C11H9N3O6.2CH4/c1-3-6(15)13(7(3)16)5-10(19)14(11(5)20)4-8(17)12(2)9(4)18;;/h3-5H,1-2H3;2*1H4. The van der Waals surface area contributed by atoms with Crippen molar-refractivity contribution in [3.8, 4) is 0 Å². The molecule has 0 spiro atoms. The Morgan fingerprint density at radius 1 is 0.636 bits per heavy atom. The van der Waals surface area contributed by atoms with E-state index < -0.39 is 53.4 Å². The van der Waals surface area contributed by atoms with Crippen molar-refractivity contribution in [3.05, 3.63) is 0 Å². The Balaban J connectivity index is 0.00000121. The van der Waals surface area contributed by atoms with E-state index in [4.69, 9.17) is 0 Å². The van der Waals surface area contributed by atoms with Crippen LogP contribution in [-0.4, -0.2) is 69.3 Å². The maximum Gasteiger partial charge on any atom is 0.263 e. The number of β-lactam (4-membered cyclic amide) rings is 6. The van der Waals surface area contributed by atoms with E-state index in [2.05, 4.69) is 0 Å². The van der Waals surface area contributed by atoms with Crippen LogP contribution in [-0.2, 0) is 28.8 Å². The van der Waals surface area contributed by atoms with Gasteiger partial charge in [-0.05, 0) is 6.92 Å². The third kappa shape index (κ3) is 1.65. The van der Waals surface area contributed by atoms with E-state index in [1.54, 1.807) is 0 Å². The van der Waals surface area contributed by atoms with Crippen molar-refractivity contribution < 1.29 is 28.8 Å². The minimum Gasteiger partial charge on any atom is -0.281 e. The first-order valence-corrected chi connectivity index (χ1v) is 5.84. The molecule has 0 aliphatic carbocycles. The molecule has 3 saturated heterocycles. The normalized spacial score (nSPS) is 22.9. The molecular formula is C13H17N3O6. The molecule has 3 aliphatic heterocycles. The van der Waals surface area contributed by atoms with Gasteiger partial charge in [-0.15, -0.1) is 0 Å². The third-order valence-electron chi connectivity index (χ3n) is 3.80. The van der Waals surface area contributed by atoms with Crippen molar-refractivity contribution in [1.82, 2.24) is 14.7 Å². The Labute approximate surface area is 126 Å². The summed E-state index contributed by atoms with van der Waals surface area (Å²) in [6, 6.07) is -2.96. The van der Waals surface area contributed by atoms with E-state index in [1.807, 2.05) is 0 Å². The van der Waals surface area contributed by atoms with E-state index in [9.17, 15) is 28.8 Å². The van der Waals surface area contributed by atoms with Crippen LogP contribution in [0.3, 0.4) is 0 Å². The van der Waals surface area contributed by atoms with Crippen LogP contribution in [0.5, 0.6) is 0 Å². The molecule has 3 aliphatic rings. The minimum atomic E-state index is -1.52. The highest BCUT2D eigenvalue weighted by atomic mass is 16.2. The van der Waals surface area contributed by atoms with E-state index in [0.717, 1.165) is 4.90 Å². The highest BCUT2D eigenvalue weighted by Gasteiger charge is 2.65. The first-order valence-electron chi connectivity index (χ1n) is 5.84. The van der Waals surface area contributed by atoms with Crippen LogP contribution in [0.2, 0.25) is 0 Å². The monoisotopic (exact) mass is 311 g/mol. The first kappa shape index (κ1) is 17.5. The second kappa shape index (κ2) is 5.00. The predicted molar refractivity (Wildman–Crippen MR) is 71.7 cm³/mol. The zero-order valence-electron chi connectivity index (χ0n) is 10.5. The van der Waals surface area contributed by atoms with Crippen molar-refractivity contribution in [2.75, 3.05) is 7.05 Å². The van der Waals surface area contributed by atoms with Gasteiger partial charge in [0.1, 0.15) is 5.92 Å². The summed E-state index contributed by atoms with van der Waals surface area (Å²) in [4.78, 5) is 71.5. The summed E-state index contributed by atoms with van der Waals surface area (Å²) in [5.74, 6) is -5.14. The van der Waals surface area contributed by atoms with Crippen molar-refractivity contribution >= 4 is 35.4 Å². The van der Waals surface area contributed by atoms with Crippen LogP contribution >= 0.6 is 0 Å². The molecule has 120 valence electrons. The summed E-state index contributed by atoms with van der Waals surface area (Å²) in [7, 11) is 1.23. The summed E-state index contributed by atoms with van der Waals surface area (Å²) in [5, 5.41) is 0. The van der Waals surface area contributed by atoms with Crippen molar-refractivity contribution in [3.63, 3.8) is 0 Å². The molecule has 0 aromatic heterocycles. The number of nitrogens with zero attached hydrogens (tertiary/aromatic N) is 3. The number of rotatable bonds is 2. The highest BCUT2D eigenvalue weighted by Crippen LogP contribution is 2.32. The molecule has 0 atom stereocenters. The van der Waals surface area contributed by atoms with Crippen molar-refractivity contribution in [2.45, 2.75) is 33.9 Å². The molecule has 0 bridgehead atoms. The molecule has 3 heterocycles. The lowest BCUT2D eigenvalue weighted by atomic mass is 9.90. The van der Waals surface area contributed by atoms with E-state index in [0.29, 0.717) is 9.80 Å². The van der Waals surface area contributed by atoms with E-state index in [1.165, 1.54) is 14.0 Å². The van der Waals surface area contributed by atoms with Gasteiger partial charge >= 0.3 is 0 Å². The second-order valence-corrected chi connectivity index (χ2v) is 4.86. The van der Waals surface area contributed by atoms with Crippen molar-refractivity contribution in [2.24, 2.45) is 5.92 Å². The quantitative estimate of drug-likeness (QED) is 0.447. The van der Waals surface area contributed by atoms with Gasteiger partial charge in [-0.2, -0.15) is 0 Å². The van der Waals surface area contributed by atoms with Crippen LogP contribution in [0.25, 0.3) is 0 Å². The van der Waals surface area contributed by atoms with Gasteiger partial charge in [0.2, 0.25) is 11.8 Å². The molecule has 9 nitrogen and oxygen atoms in total. The lowest BCUT2D eigenvalue weighted by molar-refractivity contribution is -0.192. The lowest BCUT2D eigenvalue weighted by Gasteiger charge is -2.50. The average Bonchev–Trinajstić information content (AvgIpc) is 2.47. The second-order valence-electron chi connectivity index (χ2n) is 4.86. The maximum atomic E-state index is 11.9. The fourth-order valence-corrected chi connectivity index (χ4v) is 2.44. The number of carbonyl (C=O) groups is 6. The first-order chi connectivity index (χ1) is 9.29. The SMILES string of the molecule is C.C.CC1C(=O)N(C2C(=O)N(C3C(=O)N(C)C3=O)C2=O)C1=O. The molecule has 0 unspecified atom stereocenters. The number of amides is 6. The molecule has 0 N–H and O–H groups in total. The van der Waals surface area contributed by atoms with Crippen LogP contribution < -0.4 is 0 Å². The van der Waals surface area contributed by atoms with Crippen LogP contribution in [0.15, 0.2) is 0 Å². The molecule has 6 amide bonds. The number of likely N-dealkylation sites (N-methyl/N-ethyl adjacent to an activating group) is 1. The summed E-state index contributed by atoms with van der Waals surface area (Å²) < 4.78 is 0. The van der Waals surface area contributed by atoms with Gasteiger partial charge < -0.3 is 0 Å². The van der Waals surface area contributed by atoms with Gasteiger partial charge in [-0.1, -0.05) is 14.9 Å². The van der Waals surface area contributed by atoms with Gasteiger partial charge in [0.25, 0.3) is 23.6 Å². The molecule has 3 fully saturated rings. The van der Waals surface area contributed by atoms with Gasteiger partial charge in [-0.3, -0.25) is 43.5 Å². The highest BCUT2D eigenvalue weighted by molar-refractivity contribution is 6.34. The average molecular weight is 311 g/mol. The summed E-state index contributed by atoms with van der Waals surface area (Å²) in [5.41, 5.74) is 0. The summed E-state index contributed by atoms with van der Waals surface area (Å²) >= 11 is 0. The zero-order chi connectivity index (χ0) is 14.9. The molecule has 0 saturated carbocycles. The molecule has 9 heteroatoms. The van der Waals surface area contributed by atoms with Gasteiger partial charge in [0.15, 0.2) is 12.1 Å². The molecular weight excluding hydrogens is 294 g/mol.